The van der Waals surface area contributed by atoms with Gasteiger partial charge < -0.3 is 9.84 Å². The summed E-state index contributed by atoms with van der Waals surface area (Å²) in [6.45, 7) is 0. The Bertz CT molecular complexity index is 373. The van der Waals surface area contributed by atoms with Crippen LogP contribution in [0.1, 0.15) is 23.5 Å². The average Bonchev–Trinajstić information content (AvgIpc) is 2.28. The second kappa shape index (κ2) is 4.03. The Balaban J connectivity index is 2.41. The second-order valence-electron chi connectivity index (χ2n) is 3.81. The van der Waals surface area contributed by atoms with Crippen LogP contribution >= 0.6 is 0 Å². The molecule has 0 heterocycles. The number of aryl methyl sites for hydroxylation is 1. The molecule has 1 N–H and O–H groups in total. The number of carbonyl (C=O) groups is 1. The largest absolute Gasteiger partial charge is 0.468 e. The van der Waals surface area contributed by atoms with E-state index in [1.54, 1.807) is 0 Å². The monoisotopic (exact) mass is 206 g/mol. The highest BCUT2D eigenvalue weighted by Gasteiger charge is 2.34. The van der Waals surface area contributed by atoms with Gasteiger partial charge in [-0.25, -0.2) is 0 Å². The van der Waals surface area contributed by atoms with Crippen molar-refractivity contribution >= 4 is 5.97 Å². The third-order valence-electron chi connectivity index (χ3n) is 2.94. The predicted molar refractivity (Wildman–Crippen MR) is 55.5 cm³/mol. The van der Waals surface area contributed by atoms with Gasteiger partial charge in [-0.05, 0) is 24.0 Å². The average molecular weight is 206 g/mol. The van der Waals surface area contributed by atoms with E-state index in [0.29, 0.717) is 6.42 Å². The molecule has 3 heteroatoms. The number of hydrogen-bond acceptors (Lipinski definition) is 3. The molecule has 0 bridgehead atoms. The van der Waals surface area contributed by atoms with Crippen LogP contribution in [0.25, 0.3) is 0 Å². The molecule has 1 aliphatic rings. The summed E-state index contributed by atoms with van der Waals surface area (Å²) in [6, 6.07) is 7.72. The van der Waals surface area contributed by atoms with Gasteiger partial charge >= 0.3 is 5.97 Å². The van der Waals surface area contributed by atoms with Crippen LogP contribution in [0, 0.1) is 0 Å². The maximum atomic E-state index is 11.6. The van der Waals surface area contributed by atoms with Crippen molar-refractivity contribution in [2.75, 3.05) is 7.11 Å². The molecule has 0 aromatic heterocycles. The SMILES string of the molecule is COC(=O)[C@H]1c2ccccc2CC[C@@H]1O. The van der Waals surface area contributed by atoms with E-state index in [4.69, 9.17) is 4.74 Å². The Kier molecular flexibility index (Phi) is 2.73. The van der Waals surface area contributed by atoms with Crippen molar-refractivity contribution in [3.05, 3.63) is 35.4 Å². The molecule has 0 fully saturated rings. The zero-order valence-electron chi connectivity index (χ0n) is 8.64. The standard InChI is InChI=1S/C12H14O3/c1-15-12(14)11-9-5-3-2-4-8(9)6-7-10(11)13/h2-5,10-11,13H,6-7H2,1H3/t10-,11-/m0/s1. The Hall–Kier alpha value is -1.35. The van der Waals surface area contributed by atoms with Gasteiger partial charge in [0.25, 0.3) is 0 Å². The van der Waals surface area contributed by atoms with Crippen LogP contribution < -0.4 is 0 Å². The second-order valence-corrected chi connectivity index (χ2v) is 3.81. The lowest BCUT2D eigenvalue weighted by atomic mass is 9.81. The number of benzene rings is 1. The molecule has 1 aliphatic carbocycles. The van der Waals surface area contributed by atoms with Crippen LogP contribution in [-0.2, 0) is 16.0 Å². The van der Waals surface area contributed by atoms with Crippen molar-refractivity contribution < 1.29 is 14.6 Å². The summed E-state index contributed by atoms with van der Waals surface area (Å²) in [6.07, 6.45) is 0.828. The molecule has 2 rings (SSSR count). The van der Waals surface area contributed by atoms with Crippen molar-refractivity contribution in [3.63, 3.8) is 0 Å². The molecular weight excluding hydrogens is 192 g/mol. The Morgan fingerprint density at radius 3 is 2.93 bits per heavy atom. The van der Waals surface area contributed by atoms with Gasteiger partial charge in [-0.15, -0.1) is 0 Å². The molecule has 15 heavy (non-hydrogen) atoms. The number of aliphatic hydroxyl groups is 1. The number of ether oxygens (including phenoxy) is 1. The molecule has 0 amide bonds. The van der Waals surface area contributed by atoms with Gasteiger partial charge in [-0.2, -0.15) is 0 Å². The van der Waals surface area contributed by atoms with Gasteiger partial charge in [0.1, 0.15) is 5.92 Å². The number of methoxy groups -OCH3 is 1. The van der Waals surface area contributed by atoms with E-state index >= 15 is 0 Å². The lowest BCUT2D eigenvalue weighted by Crippen LogP contribution is -2.31. The fourth-order valence-electron chi connectivity index (χ4n) is 2.15. The summed E-state index contributed by atoms with van der Waals surface area (Å²) in [5.41, 5.74) is 2.04. The number of carbonyl (C=O) groups excluding carboxylic acids is 1. The topological polar surface area (TPSA) is 46.5 Å². The molecule has 0 radical (unpaired) electrons. The number of rotatable bonds is 1. The normalized spacial score (nSPS) is 24.4. The zero-order chi connectivity index (χ0) is 10.8. The number of esters is 1. The van der Waals surface area contributed by atoms with Crippen LogP contribution in [0.2, 0.25) is 0 Å². The quantitative estimate of drug-likeness (QED) is 0.703. The van der Waals surface area contributed by atoms with Crippen molar-refractivity contribution in [1.82, 2.24) is 0 Å². The van der Waals surface area contributed by atoms with Gasteiger partial charge in [0, 0.05) is 0 Å². The van der Waals surface area contributed by atoms with Gasteiger partial charge in [0.15, 0.2) is 0 Å². The lowest BCUT2D eigenvalue weighted by molar-refractivity contribution is -0.145. The Morgan fingerprint density at radius 1 is 1.47 bits per heavy atom. The van der Waals surface area contributed by atoms with Crippen molar-refractivity contribution in [1.29, 1.82) is 0 Å². The highest BCUT2D eigenvalue weighted by molar-refractivity contribution is 5.79. The molecule has 1 aromatic rings. The van der Waals surface area contributed by atoms with E-state index in [-0.39, 0.29) is 5.97 Å². The molecule has 0 saturated heterocycles. The van der Waals surface area contributed by atoms with E-state index in [1.165, 1.54) is 7.11 Å². The molecule has 0 saturated carbocycles. The van der Waals surface area contributed by atoms with Gasteiger partial charge in [0.2, 0.25) is 0 Å². The molecule has 3 nitrogen and oxygen atoms in total. The summed E-state index contributed by atoms with van der Waals surface area (Å²) < 4.78 is 4.72. The minimum absolute atomic E-state index is 0.352. The number of aliphatic hydroxyl groups excluding tert-OH is 1. The minimum Gasteiger partial charge on any atom is -0.468 e. The predicted octanol–water partition coefficient (Wildman–Crippen LogP) is 1.25. The summed E-state index contributed by atoms with van der Waals surface area (Å²) >= 11 is 0. The Labute approximate surface area is 88.7 Å². The molecule has 1 aromatic carbocycles. The molecular formula is C12H14O3. The van der Waals surface area contributed by atoms with E-state index in [2.05, 4.69) is 0 Å². The fourth-order valence-corrected chi connectivity index (χ4v) is 2.15. The van der Waals surface area contributed by atoms with E-state index in [0.717, 1.165) is 17.5 Å². The van der Waals surface area contributed by atoms with Gasteiger partial charge in [-0.3, -0.25) is 4.79 Å². The van der Waals surface area contributed by atoms with Crippen molar-refractivity contribution in [3.8, 4) is 0 Å². The minimum atomic E-state index is -0.618. The van der Waals surface area contributed by atoms with E-state index in [9.17, 15) is 9.90 Å². The number of fused-ring (bicyclic) bond motifs is 1. The summed E-state index contributed by atoms with van der Waals surface area (Å²) in [5, 5.41) is 9.82. The first-order valence-corrected chi connectivity index (χ1v) is 5.07. The maximum Gasteiger partial charge on any atom is 0.315 e. The van der Waals surface area contributed by atoms with Crippen molar-refractivity contribution in [2.24, 2.45) is 0 Å². The first kappa shape index (κ1) is 10.2. The third kappa shape index (κ3) is 1.75. The third-order valence-corrected chi connectivity index (χ3v) is 2.94. The van der Waals surface area contributed by atoms with E-state index in [1.807, 2.05) is 24.3 Å². The molecule has 0 aliphatic heterocycles. The number of hydrogen-bond donors (Lipinski definition) is 1. The lowest BCUT2D eigenvalue weighted by Gasteiger charge is -2.28. The van der Waals surface area contributed by atoms with E-state index < -0.39 is 12.0 Å². The zero-order valence-corrected chi connectivity index (χ0v) is 8.64. The fraction of sp³-hybridized carbons (Fsp3) is 0.417. The van der Waals surface area contributed by atoms with Crippen LogP contribution in [0.4, 0.5) is 0 Å². The molecule has 80 valence electrons. The maximum absolute atomic E-state index is 11.6. The van der Waals surface area contributed by atoms with Crippen LogP contribution in [0.15, 0.2) is 24.3 Å². The highest BCUT2D eigenvalue weighted by atomic mass is 16.5. The summed E-state index contributed by atoms with van der Waals surface area (Å²) in [5.74, 6) is -0.866. The first-order valence-electron chi connectivity index (χ1n) is 5.07. The van der Waals surface area contributed by atoms with Gasteiger partial charge in [-0.1, -0.05) is 24.3 Å². The van der Waals surface area contributed by atoms with Crippen LogP contribution in [0.3, 0.4) is 0 Å². The van der Waals surface area contributed by atoms with Crippen molar-refractivity contribution in [2.45, 2.75) is 24.9 Å². The Morgan fingerprint density at radius 2 is 2.20 bits per heavy atom. The van der Waals surface area contributed by atoms with Crippen LogP contribution in [0.5, 0.6) is 0 Å². The molecule has 0 spiro atoms. The smallest absolute Gasteiger partial charge is 0.315 e. The summed E-state index contributed by atoms with van der Waals surface area (Å²) in [7, 11) is 1.35. The van der Waals surface area contributed by atoms with Gasteiger partial charge in [0.05, 0.1) is 13.2 Å². The summed E-state index contributed by atoms with van der Waals surface area (Å²) in [4.78, 5) is 11.6. The highest BCUT2D eigenvalue weighted by Crippen LogP contribution is 2.32. The first-order chi connectivity index (χ1) is 7.24. The van der Waals surface area contributed by atoms with Crippen LogP contribution in [-0.4, -0.2) is 24.3 Å². The molecule has 2 atom stereocenters. The molecule has 0 unspecified atom stereocenters.